The Morgan fingerprint density at radius 2 is 2.20 bits per heavy atom. The lowest BCUT2D eigenvalue weighted by Gasteiger charge is -2.25. The molecule has 0 aliphatic carbocycles. The van der Waals surface area contributed by atoms with Crippen LogP contribution < -0.4 is 0 Å². The van der Waals surface area contributed by atoms with Crippen molar-refractivity contribution >= 4 is 0 Å². The van der Waals surface area contributed by atoms with Gasteiger partial charge in [-0.1, -0.05) is 6.07 Å². The molecule has 0 aromatic carbocycles. The molecule has 1 N–H and O–H groups in total. The second-order valence-corrected chi connectivity index (χ2v) is 3.96. The fourth-order valence-corrected chi connectivity index (χ4v) is 1.49. The summed E-state index contributed by atoms with van der Waals surface area (Å²) >= 11 is 0. The molecule has 1 heterocycles. The lowest BCUT2D eigenvalue weighted by Crippen LogP contribution is -2.32. The van der Waals surface area contributed by atoms with Crippen molar-refractivity contribution in [1.29, 1.82) is 0 Å². The molecular weight excluding hydrogens is 188 g/mol. The first-order chi connectivity index (χ1) is 7.24. The molecule has 0 atom stereocenters. The molecular formula is C12H20N2O. The van der Waals surface area contributed by atoms with Crippen LogP contribution in [0.5, 0.6) is 0 Å². The second kappa shape index (κ2) is 6.53. The summed E-state index contributed by atoms with van der Waals surface area (Å²) in [7, 11) is 0. The maximum atomic E-state index is 8.82. The zero-order chi connectivity index (χ0) is 11.1. The summed E-state index contributed by atoms with van der Waals surface area (Å²) in [6.07, 6.45) is 2.64. The minimum absolute atomic E-state index is 0.255. The minimum Gasteiger partial charge on any atom is -0.396 e. The summed E-state index contributed by atoms with van der Waals surface area (Å²) in [6, 6.07) is 6.46. The van der Waals surface area contributed by atoms with Crippen LogP contribution in [0.3, 0.4) is 0 Å². The van der Waals surface area contributed by atoms with Crippen molar-refractivity contribution in [3.8, 4) is 0 Å². The van der Waals surface area contributed by atoms with Gasteiger partial charge < -0.3 is 5.11 Å². The van der Waals surface area contributed by atoms with Crippen molar-refractivity contribution in [1.82, 2.24) is 9.88 Å². The molecule has 0 aliphatic heterocycles. The molecule has 0 amide bonds. The Hall–Kier alpha value is -0.930. The Balaban J connectivity index is 2.51. The molecule has 1 aromatic rings. The fourth-order valence-electron chi connectivity index (χ4n) is 1.49. The van der Waals surface area contributed by atoms with E-state index in [4.69, 9.17) is 5.11 Å². The van der Waals surface area contributed by atoms with Crippen molar-refractivity contribution in [3.63, 3.8) is 0 Å². The van der Waals surface area contributed by atoms with Gasteiger partial charge in [0.15, 0.2) is 0 Å². The maximum Gasteiger partial charge on any atom is 0.0544 e. The van der Waals surface area contributed by atoms with Gasteiger partial charge in [-0.05, 0) is 32.4 Å². The van der Waals surface area contributed by atoms with Crippen molar-refractivity contribution in [3.05, 3.63) is 30.1 Å². The van der Waals surface area contributed by atoms with Crippen LogP contribution in [0.4, 0.5) is 0 Å². The van der Waals surface area contributed by atoms with E-state index in [1.807, 2.05) is 24.4 Å². The summed E-state index contributed by atoms with van der Waals surface area (Å²) in [5, 5.41) is 8.82. The zero-order valence-electron chi connectivity index (χ0n) is 9.56. The number of aliphatic hydroxyl groups is 1. The van der Waals surface area contributed by atoms with Crippen molar-refractivity contribution in [2.75, 3.05) is 13.2 Å². The van der Waals surface area contributed by atoms with Gasteiger partial charge in [0.05, 0.1) is 5.69 Å². The molecule has 0 radical (unpaired) electrons. The average Bonchev–Trinajstić information content (AvgIpc) is 2.25. The lowest BCUT2D eigenvalue weighted by molar-refractivity contribution is 0.183. The first-order valence-electron chi connectivity index (χ1n) is 5.49. The molecule has 0 spiro atoms. The normalized spacial score (nSPS) is 11.3. The van der Waals surface area contributed by atoms with Gasteiger partial charge in [0.2, 0.25) is 0 Å². The molecule has 1 aromatic heterocycles. The van der Waals surface area contributed by atoms with Crippen LogP contribution in [0, 0.1) is 0 Å². The second-order valence-electron chi connectivity index (χ2n) is 3.96. The highest BCUT2D eigenvalue weighted by atomic mass is 16.3. The number of nitrogens with zero attached hydrogens (tertiary/aromatic N) is 2. The zero-order valence-corrected chi connectivity index (χ0v) is 9.56. The van der Waals surface area contributed by atoms with E-state index in [0.717, 1.165) is 25.2 Å². The number of hydrogen-bond donors (Lipinski definition) is 1. The first kappa shape index (κ1) is 12.1. The van der Waals surface area contributed by atoms with E-state index in [9.17, 15) is 0 Å². The van der Waals surface area contributed by atoms with Gasteiger partial charge in [-0.2, -0.15) is 0 Å². The molecule has 0 unspecified atom stereocenters. The van der Waals surface area contributed by atoms with Crippen LogP contribution in [0.2, 0.25) is 0 Å². The van der Waals surface area contributed by atoms with Crippen molar-refractivity contribution < 1.29 is 5.11 Å². The van der Waals surface area contributed by atoms with E-state index in [-0.39, 0.29) is 6.61 Å². The van der Waals surface area contributed by atoms with E-state index in [1.54, 1.807) is 0 Å². The van der Waals surface area contributed by atoms with E-state index < -0.39 is 0 Å². The van der Waals surface area contributed by atoms with Gasteiger partial charge in [-0.25, -0.2) is 0 Å². The summed E-state index contributed by atoms with van der Waals surface area (Å²) in [4.78, 5) is 6.62. The Morgan fingerprint density at radius 3 is 2.73 bits per heavy atom. The Kier molecular flexibility index (Phi) is 5.29. The van der Waals surface area contributed by atoms with Gasteiger partial charge in [0.1, 0.15) is 0 Å². The third-order valence-electron chi connectivity index (χ3n) is 2.42. The van der Waals surface area contributed by atoms with E-state index >= 15 is 0 Å². The van der Waals surface area contributed by atoms with Crippen LogP contribution in [-0.4, -0.2) is 34.2 Å². The third kappa shape index (κ3) is 4.40. The predicted molar refractivity (Wildman–Crippen MR) is 61.5 cm³/mol. The van der Waals surface area contributed by atoms with E-state index in [0.29, 0.717) is 6.04 Å². The monoisotopic (exact) mass is 208 g/mol. The molecule has 84 valence electrons. The number of pyridine rings is 1. The molecule has 0 fully saturated rings. The molecule has 15 heavy (non-hydrogen) atoms. The largest absolute Gasteiger partial charge is 0.396 e. The van der Waals surface area contributed by atoms with Crippen LogP contribution in [-0.2, 0) is 6.54 Å². The summed E-state index contributed by atoms with van der Waals surface area (Å²) in [6.45, 7) is 6.37. The van der Waals surface area contributed by atoms with Gasteiger partial charge >= 0.3 is 0 Å². The summed E-state index contributed by atoms with van der Waals surface area (Å²) in [5.41, 5.74) is 1.09. The highest BCUT2D eigenvalue weighted by Gasteiger charge is 2.09. The van der Waals surface area contributed by atoms with Crippen LogP contribution in [0.1, 0.15) is 26.0 Å². The van der Waals surface area contributed by atoms with Crippen LogP contribution in [0.15, 0.2) is 24.4 Å². The maximum absolute atomic E-state index is 8.82. The standard InChI is InChI=1S/C12H20N2O/c1-11(2)14(8-5-9-15)10-12-6-3-4-7-13-12/h3-4,6-7,11,15H,5,8-10H2,1-2H3. The van der Waals surface area contributed by atoms with E-state index in [1.165, 1.54) is 0 Å². The summed E-state index contributed by atoms with van der Waals surface area (Å²) < 4.78 is 0. The third-order valence-corrected chi connectivity index (χ3v) is 2.42. The predicted octanol–water partition coefficient (Wildman–Crippen LogP) is 1.67. The van der Waals surface area contributed by atoms with Gasteiger partial charge in [-0.3, -0.25) is 9.88 Å². The number of aromatic nitrogens is 1. The quantitative estimate of drug-likeness (QED) is 0.772. The Bertz CT molecular complexity index is 262. The lowest BCUT2D eigenvalue weighted by atomic mass is 10.2. The smallest absolute Gasteiger partial charge is 0.0544 e. The van der Waals surface area contributed by atoms with Crippen LogP contribution in [0.25, 0.3) is 0 Å². The average molecular weight is 208 g/mol. The fraction of sp³-hybridized carbons (Fsp3) is 0.583. The molecule has 1 rings (SSSR count). The van der Waals surface area contributed by atoms with Gasteiger partial charge in [0.25, 0.3) is 0 Å². The SMILES string of the molecule is CC(C)N(CCCO)Cc1ccccn1. The molecule has 0 aliphatic rings. The van der Waals surface area contributed by atoms with E-state index in [2.05, 4.69) is 23.7 Å². The molecule has 0 saturated heterocycles. The number of hydrogen-bond acceptors (Lipinski definition) is 3. The van der Waals surface area contributed by atoms with Crippen molar-refractivity contribution in [2.45, 2.75) is 32.9 Å². The summed E-state index contributed by atoms with van der Waals surface area (Å²) in [5.74, 6) is 0. The van der Waals surface area contributed by atoms with Gasteiger partial charge in [0, 0.05) is 31.9 Å². The first-order valence-corrected chi connectivity index (χ1v) is 5.49. The highest BCUT2D eigenvalue weighted by Crippen LogP contribution is 2.06. The topological polar surface area (TPSA) is 36.4 Å². The minimum atomic E-state index is 0.255. The van der Waals surface area contributed by atoms with Gasteiger partial charge in [-0.15, -0.1) is 0 Å². The Labute approximate surface area is 91.8 Å². The Morgan fingerprint density at radius 1 is 1.40 bits per heavy atom. The number of aliphatic hydroxyl groups excluding tert-OH is 1. The number of rotatable bonds is 6. The molecule has 0 saturated carbocycles. The van der Waals surface area contributed by atoms with Crippen molar-refractivity contribution in [2.24, 2.45) is 0 Å². The molecule has 0 bridgehead atoms. The highest BCUT2D eigenvalue weighted by molar-refractivity contribution is 5.03. The molecule has 3 heteroatoms. The molecule has 3 nitrogen and oxygen atoms in total. The van der Waals surface area contributed by atoms with Crippen LogP contribution >= 0.6 is 0 Å².